The number of imidazole rings is 1. The van der Waals surface area contributed by atoms with E-state index in [2.05, 4.69) is 15.1 Å². The quantitative estimate of drug-likeness (QED) is 0.252. The Morgan fingerprint density at radius 2 is 1.98 bits per heavy atom. The van der Waals surface area contributed by atoms with E-state index >= 15 is 8.78 Å². The van der Waals surface area contributed by atoms with Crippen molar-refractivity contribution in [2.75, 3.05) is 6.61 Å². The maximum atomic E-state index is 15.5. The lowest BCUT2D eigenvalue weighted by Gasteiger charge is -2.27. The van der Waals surface area contributed by atoms with Crippen LogP contribution < -0.4 is 4.74 Å². The number of carbonyl (C=O) groups is 1. The second-order valence-electron chi connectivity index (χ2n) is 11.0. The summed E-state index contributed by atoms with van der Waals surface area (Å²) in [6.07, 6.45) is 3.90. The fourth-order valence-corrected chi connectivity index (χ4v) is 5.97. The van der Waals surface area contributed by atoms with Crippen LogP contribution in [0.5, 0.6) is 5.88 Å². The first kappa shape index (κ1) is 27.2. The molecule has 0 saturated carbocycles. The molecule has 1 fully saturated rings. The number of aryl methyl sites for hydroxylation is 1. The van der Waals surface area contributed by atoms with Crippen LogP contribution in [0.15, 0.2) is 48.5 Å². The van der Waals surface area contributed by atoms with Crippen molar-refractivity contribution in [3.8, 4) is 17.1 Å². The van der Waals surface area contributed by atoms with Gasteiger partial charge in [-0.25, -0.2) is 23.5 Å². The van der Waals surface area contributed by atoms with Gasteiger partial charge in [0, 0.05) is 43.0 Å². The van der Waals surface area contributed by atoms with Crippen molar-refractivity contribution in [3.63, 3.8) is 0 Å². The lowest BCUT2D eigenvalue weighted by molar-refractivity contribution is -0.0589. The molecule has 1 aliphatic heterocycles. The summed E-state index contributed by atoms with van der Waals surface area (Å²) in [4.78, 5) is 20.7. The van der Waals surface area contributed by atoms with Crippen molar-refractivity contribution < 1.29 is 28.2 Å². The Labute approximate surface area is 245 Å². The second kappa shape index (κ2) is 10.9. The van der Waals surface area contributed by atoms with Gasteiger partial charge in [-0.2, -0.15) is 5.10 Å². The molecule has 2 aromatic carbocycles. The van der Waals surface area contributed by atoms with Gasteiger partial charge in [0.05, 0.1) is 34.9 Å². The van der Waals surface area contributed by atoms with Crippen molar-refractivity contribution in [2.45, 2.75) is 51.4 Å². The normalized spacial score (nSPS) is 15.9. The van der Waals surface area contributed by atoms with Gasteiger partial charge in [-0.3, -0.25) is 4.68 Å². The van der Waals surface area contributed by atoms with E-state index in [1.165, 1.54) is 23.4 Å². The molecule has 43 heavy (non-hydrogen) atoms. The molecular formula is C32H29F2N5O4. The van der Waals surface area contributed by atoms with E-state index < -0.39 is 17.6 Å². The third kappa shape index (κ3) is 5.14. The monoisotopic (exact) mass is 585 g/mol. The third-order valence-electron chi connectivity index (χ3n) is 8.29. The summed E-state index contributed by atoms with van der Waals surface area (Å²) >= 11 is 0. The number of pyridine rings is 1. The van der Waals surface area contributed by atoms with Crippen LogP contribution in [0.25, 0.3) is 22.3 Å². The number of benzene rings is 2. The molecule has 1 N–H and O–H groups in total. The Kier molecular flexibility index (Phi) is 6.89. The fraction of sp³-hybridized carbons (Fsp3) is 0.312. The number of carboxylic acids is 1. The molecule has 3 aromatic heterocycles. The number of rotatable bonds is 9. The molecule has 0 radical (unpaired) electrons. The number of carboxylic acid groups (broad SMARTS) is 1. The molecule has 11 heteroatoms. The third-order valence-corrected chi connectivity index (χ3v) is 8.29. The van der Waals surface area contributed by atoms with Crippen LogP contribution in [-0.4, -0.2) is 48.1 Å². The van der Waals surface area contributed by atoms with Crippen LogP contribution in [-0.2, 0) is 44.2 Å². The zero-order valence-electron chi connectivity index (χ0n) is 23.5. The zero-order valence-corrected chi connectivity index (χ0v) is 23.5. The summed E-state index contributed by atoms with van der Waals surface area (Å²) in [5.74, 6) is -1.48. The first-order valence-corrected chi connectivity index (χ1v) is 14.3. The summed E-state index contributed by atoms with van der Waals surface area (Å²) in [6.45, 7) is 1.34. The van der Waals surface area contributed by atoms with Gasteiger partial charge in [0.25, 0.3) is 0 Å². The molecule has 220 valence electrons. The van der Waals surface area contributed by atoms with Gasteiger partial charge in [0.1, 0.15) is 29.8 Å². The highest BCUT2D eigenvalue weighted by Crippen LogP contribution is 2.30. The topological polar surface area (TPSA) is 104 Å². The van der Waals surface area contributed by atoms with Crippen LogP contribution in [0.3, 0.4) is 0 Å². The van der Waals surface area contributed by atoms with Gasteiger partial charge >= 0.3 is 5.97 Å². The van der Waals surface area contributed by atoms with Gasteiger partial charge in [-0.05, 0) is 67.6 Å². The minimum Gasteiger partial charge on any atom is -0.478 e. The lowest BCUT2D eigenvalue weighted by Crippen LogP contribution is -2.31. The maximum absolute atomic E-state index is 15.5. The van der Waals surface area contributed by atoms with Crippen molar-refractivity contribution in [2.24, 2.45) is 7.05 Å². The molecule has 1 saturated heterocycles. The van der Waals surface area contributed by atoms with Gasteiger partial charge < -0.3 is 19.1 Å². The molecule has 9 nitrogen and oxygen atoms in total. The lowest BCUT2D eigenvalue weighted by atomic mass is 10.0. The van der Waals surface area contributed by atoms with E-state index in [1.54, 1.807) is 30.3 Å². The predicted octanol–water partition coefficient (Wildman–Crippen LogP) is 5.26. The summed E-state index contributed by atoms with van der Waals surface area (Å²) in [5, 5.41) is 14.0. The minimum atomic E-state index is -1.05. The van der Waals surface area contributed by atoms with Crippen LogP contribution in [0, 0.1) is 11.6 Å². The first-order chi connectivity index (χ1) is 20.8. The molecule has 5 aromatic rings. The fourth-order valence-electron chi connectivity index (χ4n) is 5.97. The van der Waals surface area contributed by atoms with Crippen LogP contribution in [0.2, 0.25) is 0 Å². The summed E-state index contributed by atoms with van der Waals surface area (Å²) in [6, 6.07) is 12.0. The Hall–Kier alpha value is -4.64. The smallest absolute Gasteiger partial charge is 0.335 e. The summed E-state index contributed by atoms with van der Waals surface area (Å²) < 4.78 is 46.3. The molecule has 7 rings (SSSR count). The highest BCUT2D eigenvalue weighted by atomic mass is 19.1. The molecular weight excluding hydrogens is 556 g/mol. The number of nitrogens with zero attached hydrogens (tertiary/aromatic N) is 5. The molecule has 0 amide bonds. The molecule has 1 atom stereocenters. The number of aromatic nitrogens is 5. The highest BCUT2D eigenvalue weighted by molar-refractivity contribution is 5.92. The standard InChI is InChI=1S/C32H29F2N5O4/c1-38-28-6-2-4-21(28)27(37-38)17-43-31-7-3-5-25(36-31)22-15-23(33)19(12-24(22)34)14-30-35-26-9-8-18(32(40)41)13-29(26)39(30)16-20-10-11-42-20/h3,5,7-9,12-13,15,20H,2,4,6,10-11,14,16-17H2,1H3,(H,40,41). The Balaban J connectivity index is 1.15. The van der Waals surface area contributed by atoms with Crippen molar-refractivity contribution in [1.29, 1.82) is 0 Å². The highest BCUT2D eigenvalue weighted by Gasteiger charge is 2.24. The number of aromatic carboxylic acids is 1. The van der Waals surface area contributed by atoms with E-state index in [4.69, 9.17) is 9.47 Å². The van der Waals surface area contributed by atoms with E-state index in [-0.39, 0.29) is 41.5 Å². The van der Waals surface area contributed by atoms with Gasteiger partial charge in [-0.1, -0.05) is 6.07 Å². The largest absolute Gasteiger partial charge is 0.478 e. The molecule has 1 unspecified atom stereocenters. The number of fused-ring (bicyclic) bond motifs is 2. The summed E-state index contributed by atoms with van der Waals surface area (Å²) in [5.41, 5.74) is 5.04. The van der Waals surface area contributed by atoms with Gasteiger partial charge in [0.15, 0.2) is 0 Å². The van der Waals surface area contributed by atoms with E-state index in [1.807, 2.05) is 16.3 Å². The Morgan fingerprint density at radius 3 is 2.77 bits per heavy atom. The van der Waals surface area contributed by atoms with E-state index in [0.717, 1.165) is 37.4 Å². The minimum absolute atomic E-state index is 0.0117. The zero-order chi connectivity index (χ0) is 29.7. The van der Waals surface area contributed by atoms with Crippen LogP contribution in [0.1, 0.15) is 51.5 Å². The van der Waals surface area contributed by atoms with Crippen molar-refractivity contribution in [3.05, 3.63) is 94.1 Å². The average Bonchev–Trinajstić information content (AvgIpc) is 3.66. The first-order valence-electron chi connectivity index (χ1n) is 14.3. The van der Waals surface area contributed by atoms with E-state index in [9.17, 15) is 9.90 Å². The Morgan fingerprint density at radius 1 is 1.12 bits per heavy atom. The SMILES string of the molecule is Cn1nc(COc2cccc(-c3cc(F)c(Cc4nc5ccc(C(=O)O)cc5n4CC4CCO4)cc3F)n2)c2c1CCC2. The van der Waals surface area contributed by atoms with Crippen molar-refractivity contribution >= 4 is 17.0 Å². The van der Waals surface area contributed by atoms with Crippen LogP contribution >= 0.6 is 0 Å². The van der Waals surface area contributed by atoms with Gasteiger partial charge in [-0.15, -0.1) is 0 Å². The maximum Gasteiger partial charge on any atom is 0.335 e. The van der Waals surface area contributed by atoms with Crippen molar-refractivity contribution in [1.82, 2.24) is 24.3 Å². The second-order valence-corrected chi connectivity index (χ2v) is 11.0. The molecule has 0 spiro atoms. The Bertz CT molecular complexity index is 1880. The number of halogens is 2. The number of ether oxygens (including phenoxy) is 2. The number of hydrogen-bond acceptors (Lipinski definition) is 6. The van der Waals surface area contributed by atoms with Gasteiger partial charge in [0.2, 0.25) is 5.88 Å². The van der Waals surface area contributed by atoms with Crippen LogP contribution in [0.4, 0.5) is 8.78 Å². The molecule has 2 aliphatic rings. The average molecular weight is 586 g/mol. The summed E-state index contributed by atoms with van der Waals surface area (Å²) in [7, 11) is 1.93. The predicted molar refractivity (Wildman–Crippen MR) is 153 cm³/mol. The van der Waals surface area contributed by atoms with E-state index in [0.29, 0.717) is 35.9 Å². The number of hydrogen-bond donors (Lipinski definition) is 1. The molecule has 1 aliphatic carbocycles. The molecule has 4 heterocycles. The molecule has 0 bridgehead atoms.